The highest BCUT2D eigenvalue weighted by molar-refractivity contribution is 6.31. The number of urea groups is 1. The summed E-state index contributed by atoms with van der Waals surface area (Å²) in [5, 5.41) is 7.49. The van der Waals surface area contributed by atoms with E-state index in [1.807, 2.05) is 19.1 Å². The number of amides is 2. The number of anilines is 1. The molecule has 0 unspecified atom stereocenters. The largest absolute Gasteiger partial charge is 0.334 e. The molecule has 9 heteroatoms. The van der Waals surface area contributed by atoms with Crippen molar-refractivity contribution in [2.24, 2.45) is 0 Å². The Morgan fingerprint density at radius 1 is 1.20 bits per heavy atom. The molecule has 30 heavy (non-hydrogen) atoms. The first kappa shape index (κ1) is 20.3. The van der Waals surface area contributed by atoms with Gasteiger partial charge in [0.1, 0.15) is 5.82 Å². The highest BCUT2D eigenvalue weighted by Gasteiger charge is 2.22. The van der Waals surface area contributed by atoms with Crippen molar-refractivity contribution in [3.63, 3.8) is 0 Å². The number of carbonyl (C=O) groups is 1. The van der Waals surface area contributed by atoms with Gasteiger partial charge < -0.3 is 14.7 Å². The molecule has 0 aliphatic carbocycles. The van der Waals surface area contributed by atoms with Crippen LogP contribution in [0.4, 0.5) is 14.9 Å². The summed E-state index contributed by atoms with van der Waals surface area (Å²) in [5.74, 6) is 0.468. The summed E-state index contributed by atoms with van der Waals surface area (Å²) in [6.45, 7) is 4.96. The van der Waals surface area contributed by atoms with E-state index in [4.69, 9.17) is 16.1 Å². The average Bonchev–Trinajstić information content (AvgIpc) is 3.20. The Labute approximate surface area is 178 Å². The van der Waals surface area contributed by atoms with Crippen molar-refractivity contribution in [2.45, 2.75) is 13.5 Å². The standard InChI is InChI=1S/C21H21ClFN5O2/c1-14-5-6-17(12-18(14)22)24-21(29)28-9-7-27(8-10-28)13-19-25-20(30-26-19)15-3-2-4-16(23)11-15/h2-6,11-12H,7-10,13H2,1H3,(H,24,29). The number of benzene rings is 2. The first-order chi connectivity index (χ1) is 14.5. The van der Waals surface area contributed by atoms with Crippen molar-refractivity contribution in [3.8, 4) is 11.5 Å². The zero-order chi connectivity index (χ0) is 21.1. The molecule has 1 aromatic heterocycles. The Kier molecular flexibility index (Phi) is 5.96. The van der Waals surface area contributed by atoms with Gasteiger partial charge in [0.15, 0.2) is 5.82 Å². The summed E-state index contributed by atoms with van der Waals surface area (Å²) in [6, 6.07) is 11.3. The monoisotopic (exact) mass is 429 g/mol. The van der Waals surface area contributed by atoms with Crippen LogP contribution >= 0.6 is 11.6 Å². The van der Waals surface area contributed by atoms with Gasteiger partial charge in [-0.05, 0) is 42.8 Å². The molecule has 1 N–H and O–H groups in total. The van der Waals surface area contributed by atoms with Crippen LogP contribution in [0.3, 0.4) is 0 Å². The summed E-state index contributed by atoms with van der Waals surface area (Å²) in [6.07, 6.45) is 0. The van der Waals surface area contributed by atoms with Crippen LogP contribution in [0.5, 0.6) is 0 Å². The number of piperazine rings is 1. The fourth-order valence-corrected chi connectivity index (χ4v) is 3.42. The number of carbonyl (C=O) groups excluding carboxylic acids is 1. The third-order valence-electron chi connectivity index (χ3n) is 4.99. The Morgan fingerprint density at radius 3 is 2.73 bits per heavy atom. The number of nitrogens with one attached hydrogen (secondary N) is 1. The predicted molar refractivity (Wildman–Crippen MR) is 112 cm³/mol. The molecule has 1 aliphatic heterocycles. The molecule has 2 aromatic carbocycles. The van der Waals surface area contributed by atoms with Crippen LogP contribution in [0, 0.1) is 12.7 Å². The quantitative estimate of drug-likeness (QED) is 0.673. The Morgan fingerprint density at radius 2 is 2.00 bits per heavy atom. The SMILES string of the molecule is Cc1ccc(NC(=O)N2CCN(Cc3noc(-c4cccc(F)c4)n3)CC2)cc1Cl. The molecule has 7 nitrogen and oxygen atoms in total. The topological polar surface area (TPSA) is 74.5 Å². The number of nitrogens with zero attached hydrogens (tertiary/aromatic N) is 4. The van der Waals surface area contributed by atoms with E-state index in [-0.39, 0.29) is 11.8 Å². The number of hydrogen-bond acceptors (Lipinski definition) is 5. The van der Waals surface area contributed by atoms with E-state index < -0.39 is 0 Å². The summed E-state index contributed by atoms with van der Waals surface area (Å²) in [4.78, 5) is 20.8. The molecule has 0 spiro atoms. The van der Waals surface area contributed by atoms with Gasteiger partial charge in [0, 0.05) is 42.5 Å². The van der Waals surface area contributed by atoms with Gasteiger partial charge in [-0.3, -0.25) is 4.90 Å². The molecule has 2 amide bonds. The zero-order valence-corrected chi connectivity index (χ0v) is 17.2. The summed E-state index contributed by atoms with van der Waals surface area (Å²) < 4.78 is 18.6. The molecule has 1 fully saturated rings. The molecule has 0 radical (unpaired) electrons. The number of aryl methyl sites for hydroxylation is 1. The van der Waals surface area contributed by atoms with Gasteiger partial charge in [0.25, 0.3) is 5.89 Å². The fourth-order valence-electron chi connectivity index (χ4n) is 3.24. The summed E-state index contributed by atoms with van der Waals surface area (Å²) >= 11 is 6.12. The number of rotatable bonds is 4. The van der Waals surface area contributed by atoms with E-state index >= 15 is 0 Å². The average molecular weight is 430 g/mol. The van der Waals surface area contributed by atoms with Crippen LogP contribution in [-0.4, -0.2) is 52.2 Å². The normalized spacial score (nSPS) is 14.7. The Hall–Kier alpha value is -2.97. The molecule has 1 aliphatic rings. The summed E-state index contributed by atoms with van der Waals surface area (Å²) in [5.41, 5.74) is 2.19. The third kappa shape index (κ3) is 4.77. The van der Waals surface area contributed by atoms with E-state index in [2.05, 4.69) is 20.4 Å². The molecule has 1 saturated heterocycles. The lowest BCUT2D eigenvalue weighted by molar-refractivity contribution is 0.140. The highest BCUT2D eigenvalue weighted by atomic mass is 35.5. The van der Waals surface area contributed by atoms with Crippen molar-refractivity contribution in [1.82, 2.24) is 19.9 Å². The summed E-state index contributed by atoms with van der Waals surface area (Å²) in [7, 11) is 0. The van der Waals surface area contributed by atoms with Crippen molar-refractivity contribution in [1.29, 1.82) is 0 Å². The maximum Gasteiger partial charge on any atom is 0.321 e. The van der Waals surface area contributed by atoms with Crippen LogP contribution in [0.2, 0.25) is 5.02 Å². The molecule has 0 atom stereocenters. The smallest absolute Gasteiger partial charge is 0.321 e. The van der Waals surface area contributed by atoms with E-state index in [0.29, 0.717) is 60.7 Å². The van der Waals surface area contributed by atoms with Crippen LogP contribution in [0.25, 0.3) is 11.5 Å². The van der Waals surface area contributed by atoms with Crippen LogP contribution in [-0.2, 0) is 6.54 Å². The number of halogens is 2. The minimum absolute atomic E-state index is 0.150. The van der Waals surface area contributed by atoms with Crippen LogP contribution in [0.1, 0.15) is 11.4 Å². The first-order valence-electron chi connectivity index (χ1n) is 9.61. The maximum absolute atomic E-state index is 13.4. The molecule has 2 heterocycles. The molecule has 0 saturated carbocycles. The highest BCUT2D eigenvalue weighted by Crippen LogP contribution is 2.21. The second kappa shape index (κ2) is 8.81. The van der Waals surface area contributed by atoms with Crippen LogP contribution in [0.15, 0.2) is 47.0 Å². The Balaban J connectivity index is 1.29. The van der Waals surface area contributed by atoms with Crippen molar-refractivity contribution in [2.75, 3.05) is 31.5 Å². The van der Waals surface area contributed by atoms with Gasteiger partial charge in [-0.2, -0.15) is 4.98 Å². The van der Waals surface area contributed by atoms with Gasteiger partial charge in [-0.15, -0.1) is 0 Å². The van der Waals surface area contributed by atoms with Gasteiger partial charge in [0.2, 0.25) is 0 Å². The molecular formula is C21H21ClFN5O2. The van der Waals surface area contributed by atoms with Gasteiger partial charge in [0.05, 0.1) is 6.54 Å². The van der Waals surface area contributed by atoms with E-state index in [1.54, 1.807) is 23.1 Å². The molecule has 156 valence electrons. The number of aromatic nitrogens is 2. The van der Waals surface area contributed by atoms with E-state index in [1.165, 1.54) is 12.1 Å². The lowest BCUT2D eigenvalue weighted by Gasteiger charge is -2.34. The minimum Gasteiger partial charge on any atom is -0.334 e. The molecule has 3 aromatic rings. The second-order valence-electron chi connectivity index (χ2n) is 7.18. The fraction of sp³-hybridized carbons (Fsp3) is 0.286. The zero-order valence-electron chi connectivity index (χ0n) is 16.4. The van der Waals surface area contributed by atoms with Crippen molar-refractivity contribution < 1.29 is 13.7 Å². The van der Waals surface area contributed by atoms with Gasteiger partial charge >= 0.3 is 6.03 Å². The first-order valence-corrected chi connectivity index (χ1v) is 9.99. The van der Waals surface area contributed by atoms with E-state index in [9.17, 15) is 9.18 Å². The molecule has 0 bridgehead atoms. The lowest BCUT2D eigenvalue weighted by Crippen LogP contribution is -2.49. The molecular weight excluding hydrogens is 409 g/mol. The number of hydrogen-bond donors (Lipinski definition) is 1. The third-order valence-corrected chi connectivity index (χ3v) is 5.39. The predicted octanol–water partition coefficient (Wildman–Crippen LogP) is 4.19. The maximum atomic E-state index is 13.4. The lowest BCUT2D eigenvalue weighted by atomic mass is 10.2. The second-order valence-corrected chi connectivity index (χ2v) is 7.59. The van der Waals surface area contributed by atoms with E-state index in [0.717, 1.165) is 5.56 Å². The van der Waals surface area contributed by atoms with Gasteiger partial charge in [-0.25, -0.2) is 9.18 Å². The van der Waals surface area contributed by atoms with Crippen molar-refractivity contribution in [3.05, 3.63) is 64.7 Å². The van der Waals surface area contributed by atoms with Crippen molar-refractivity contribution >= 4 is 23.3 Å². The van der Waals surface area contributed by atoms with Gasteiger partial charge in [-0.1, -0.05) is 28.9 Å². The Bertz CT molecular complexity index is 1050. The van der Waals surface area contributed by atoms with Crippen LogP contribution < -0.4 is 5.32 Å². The minimum atomic E-state index is -0.352. The molecule has 4 rings (SSSR count).